The van der Waals surface area contributed by atoms with Crippen LogP contribution in [0.3, 0.4) is 0 Å². The van der Waals surface area contributed by atoms with Gasteiger partial charge in [0.05, 0.1) is 0 Å². The summed E-state index contributed by atoms with van der Waals surface area (Å²) in [6.45, 7) is 0.719. The van der Waals surface area contributed by atoms with Crippen LogP contribution in [0.2, 0.25) is 0 Å². The van der Waals surface area contributed by atoms with E-state index in [2.05, 4.69) is 0 Å². The summed E-state index contributed by atoms with van der Waals surface area (Å²) in [6.07, 6.45) is 9.27. The number of nitrogens with two attached hydrogens (primary N) is 1. The predicted molar refractivity (Wildman–Crippen MR) is 63.5 cm³/mol. The highest BCUT2D eigenvalue weighted by molar-refractivity contribution is 7.90. The zero-order valence-corrected chi connectivity index (χ0v) is 10.5. The van der Waals surface area contributed by atoms with Crippen molar-refractivity contribution < 1.29 is 8.42 Å². The number of hydrogen-bond acceptors (Lipinski definition) is 3. The maximum Gasteiger partial charge on any atom is 0.147 e. The maximum atomic E-state index is 11.0. The Morgan fingerprint density at radius 2 is 1.80 bits per heavy atom. The topological polar surface area (TPSA) is 60.2 Å². The Bertz CT molecular complexity index is 279. The Morgan fingerprint density at radius 1 is 1.20 bits per heavy atom. The van der Waals surface area contributed by atoms with Crippen molar-refractivity contribution in [3.8, 4) is 0 Å². The fraction of sp³-hybridized carbons (Fsp3) is 1.00. The highest BCUT2D eigenvalue weighted by Crippen LogP contribution is 2.39. The molecule has 0 aromatic rings. The first-order valence-corrected chi connectivity index (χ1v) is 7.91. The van der Waals surface area contributed by atoms with E-state index in [1.807, 2.05) is 0 Å². The van der Waals surface area contributed by atoms with Crippen molar-refractivity contribution in [1.29, 1.82) is 0 Å². The molecular formula is C11H23NO2S. The van der Waals surface area contributed by atoms with E-state index < -0.39 is 9.84 Å². The summed E-state index contributed by atoms with van der Waals surface area (Å²) in [7, 11) is -2.80. The SMILES string of the molecule is CS(=O)(=O)CCCC1(CN)CCCCC1. The van der Waals surface area contributed by atoms with E-state index in [0.29, 0.717) is 5.75 Å². The lowest BCUT2D eigenvalue weighted by Gasteiger charge is -2.36. The number of hydrogen-bond donors (Lipinski definition) is 1. The molecule has 1 aliphatic carbocycles. The van der Waals surface area contributed by atoms with Crippen molar-refractivity contribution in [2.45, 2.75) is 44.9 Å². The lowest BCUT2D eigenvalue weighted by molar-refractivity contribution is 0.181. The van der Waals surface area contributed by atoms with E-state index in [0.717, 1.165) is 19.4 Å². The number of rotatable bonds is 5. The zero-order chi connectivity index (χ0) is 11.4. The summed E-state index contributed by atoms with van der Waals surface area (Å²) in [4.78, 5) is 0. The lowest BCUT2D eigenvalue weighted by atomic mass is 9.71. The first-order valence-electron chi connectivity index (χ1n) is 5.85. The van der Waals surface area contributed by atoms with Gasteiger partial charge in [0.15, 0.2) is 0 Å². The van der Waals surface area contributed by atoms with Gasteiger partial charge in [0.25, 0.3) is 0 Å². The smallest absolute Gasteiger partial charge is 0.147 e. The van der Waals surface area contributed by atoms with E-state index in [-0.39, 0.29) is 5.41 Å². The summed E-state index contributed by atoms with van der Waals surface area (Å²) in [6, 6.07) is 0. The molecule has 0 aliphatic heterocycles. The highest BCUT2D eigenvalue weighted by atomic mass is 32.2. The van der Waals surface area contributed by atoms with E-state index in [1.165, 1.54) is 38.4 Å². The normalized spacial score (nSPS) is 21.5. The van der Waals surface area contributed by atoms with Crippen LogP contribution >= 0.6 is 0 Å². The molecule has 1 aliphatic rings. The molecule has 0 bridgehead atoms. The Balaban J connectivity index is 2.39. The molecule has 3 nitrogen and oxygen atoms in total. The van der Waals surface area contributed by atoms with E-state index in [1.54, 1.807) is 0 Å². The van der Waals surface area contributed by atoms with Gasteiger partial charge in [-0.3, -0.25) is 0 Å². The van der Waals surface area contributed by atoms with Gasteiger partial charge in [-0.2, -0.15) is 0 Å². The second kappa shape index (κ2) is 5.30. The number of sulfone groups is 1. The van der Waals surface area contributed by atoms with Crippen LogP contribution in [0.25, 0.3) is 0 Å². The summed E-state index contributed by atoms with van der Waals surface area (Å²) < 4.78 is 22.1. The first kappa shape index (κ1) is 13.0. The molecule has 0 atom stereocenters. The third-order valence-corrected chi connectivity index (χ3v) is 4.60. The summed E-state index contributed by atoms with van der Waals surface area (Å²) in [5, 5.41) is 0. The van der Waals surface area contributed by atoms with Gasteiger partial charge in [-0.05, 0) is 37.6 Å². The average molecular weight is 233 g/mol. The van der Waals surface area contributed by atoms with Crippen LogP contribution in [-0.4, -0.2) is 27.0 Å². The van der Waals surface area contributed by atoms with Crippen molar-refractivity contribution >= 4 is 9.84 Å². The van der Waals surface area contributed by atoms with Crippen LogP contribution in [0, 0.1) is 5.41 Å². The van der Waals surface area contributed by atoms with Crippen LogP contribution in [0.5, 0.6) is 0 Å². The Hall–Kier alpha value is -0.0900. The molecule has 1 fully saturated rings. The van der Waals surface area contributed by atoms with Gasteiger partial charge >= 0.3 is 0 Å². The van der Waals surface area contributed by atoms with Crippen molar-refractivity contribution in [2.75, 3.05) is 18.6 Å². The van der Waals surface area contributed by atoms with Gasteiger partial charge in [0.1, 0.15) is 9.84 Å². The van der Waals surface area contributed by atoms with Crippen LogP contribution in [0.1, 0.15) is 44.9 Å². The Kier molecular flexibility index (Phi) is 4.59. The molecule has 1 saturated carbocycles. The summed E-state index contributed by atoms with van der Waals surface area (Å²) >= 11 is 0. The molecule has 0 unspecified atom stereocenters. The zero-order valence-electron chi connectivity index (χ0n) is 9.67. The van der Waals surface area contributed by atoms with Crippen LogP contribution in [0.4, 0.5) is 0 Å². The van der Waals surface area contributed by atoms with Gasteiger partial charge in [-0.15, -0.1) is 0 Å². The van der Waals surface area contributed by atoms with Gasteiger partial charge in [-0.25, -0.2) is 8.42 Å². The fourth-order valence-corrected chi connectivity index (χ4v) is 3.24. The lowest BCUT2D eigenvalue weighted by Crippen LogP contribution is -2.33. The van der Waals surface area contributed by atoms with Gasteiger partial charge < -0.3 is 5.73 Å². The monoisotopic (exact) mass is 233 g/mol. The molecule has 0 saturated heterocycles. The molecule has 0 aromatic heterocycles. The highest BCUT2D eigenvalue weighted by Gasteiger charge is 2.30. The summed E-state index contributed by atoms with van der Waals surface area (Å²) in [5.41, 5.74) is 6.09. The molecule has 0 heterocycles. The van der Waals surface area contributed by atoms with Crippen molar-refractivity contribution in [1.82, 2.24) is 0 Å². The van der Waals surface area contributed by atoms with Crippen molar-refractivity contribution in [3.05, 3.63) is 0 Å². The third-order valence-electron chi connectivity index (χ3n) is 3.57. The standard InChI is InChI=1S/C11H23NO2S/c1-15(13,14)9-5-8-11(10-12)6-3-2-4-7-11/h2-10,12H2,1H3. The first-order chi connectivity index (χ1) is 6.97. The molecular weight excluding hydrogens is 210 g/mol. The van der Waals surface area contributed by atoms with Crippen LogP contribution in [0.15, 0.2) is 0 Å². The van der Waals surface area contributed by atoms with Crippen molar-refractivity contribution in [2.24, 2.45) is 11.1 Å². The minimum Gasteiger partial charge on any atom is -0.330 e. The molecule has 0 aromatic carbocycles. The second-order valence-corrected chi connectivity index (χ2v) is 7.26. The van der Waals surface area contributed by atoms with Crippen LogP contribution < -0.4 is 5.73 Å². The molecule has 0 spiro atoms. The maximum absolute atomic E-state index is 11.0. The minimum atomic E-state index is -2.80. The molecule has 90 valence electrons. The van der Waals surface area contributed by atoms with Gasteiger partial charge in [0, 0.05) is 12.0 Å². The molecule has 15 heavy (non-hydrogen) atoms. The minimum absolute atomic E-state index is 0.253. The van der Waals surface area contributed by atoms with Crippen LogP contribution in [-0.2, 0) is 9.84 Å². The molecule has 1 rings (SSSR count). The van der Waals surface area contributed by atoms with Crippen molar-refractivity contribution in [3.63, 3.8) is 0 Å². The van der Waals surface area contributed by atoms with E-state index >= 15 is 0 Å². The molecule has 0 amide bonds. The van der Waals surface area contributed by atoms with E-state index in [4.69, 9.17) is 5.73 Å². The Morgan fingerprint density at radius 3 is 2.27 bits per heavy atom. The molecule has 4 heteroatoms. The van der Waals surface area contributed by atoms with E-state index in [9.17, 15) is 8.42 Å². The molecule has 2 N–H and O–H groups in total. The third kappa shape index (κ3) is 4.51. The Labute approximate surface area is 93.3 Å². The summed E-state index contributed by atoms with van der Waals surface area (Å²) in [5.74, 6) is 0.314. The van der Waals surface area contributed by atoms with Gasteiger partial charge in [0.2, 0.25) is 0 Å². The second-order valence-electron chi connectivity index (χ2n) is 5.00. The van der Waals surface area contributed by atoms with Gasteiger partial charge in [-0.1, -0.05) is 19.3 Å². The molecule has 0 radical (unpaired) electrons. The average Bonchev–Trinajstić information content (AvgIpc) is 2.17. The fourth-order valence-electron chi connectivity index (χ4n) is 2.57. The quantitative estimate of drug-likeness (QED) is 0.786. The largest absolute Gasteiger partial charge is 0.330 e. The predicted octanol–water partition coefficient (Wildman–Crippen LogP) is 1.72.